The van der Waals surface area contributed by atoms with Crippen molar-refractivity contribution in [2.45, 2.75) is 12.6 Å². The van der Waals surface area contributed by atoms with Gasteiger partial charge in [0.1, 0.15) is 0 Å². The molecule has 1 aromatic rings. The Morgan fingerprint density at radius 3 is 2.88 bits per heavy atom. The van der Waals surface area contributed by atoms with Crippen LogP contribution < -0.4 is 5.32 Å². The fraction of sp³-hybridized carbons (Fsp3) is 0.273. The number of sulfone groups is 1. The summed E-state index contributed by atoms with van der Waals surface area (Å²) in [5.41, 5.74) is 1.05. The number of rotatable bonds is 3. The zero-order valence-electron chi connectivity index (χ0n) is 8.56. The first-order chi connectivity index (χ1) is 7.55. The lowest BCUT2D eigenvalue weighted by molar-refractivity contribution is 0.590. The van der Waals surface area contributed by atoms with Crippen molar-refractivity contribution in [3.8, 4) is 0 Å². The highest BCUT2D eigenvalue weighted by molar-refractivity contribution is 7.94. The number of benzene rings is 1. The van der Waals surface area contributed by atoms with Crippen LogP contribution in [0.3, 0.4) is 0 Å². The van der Waals surface area contributed by atoms with Crippen LogP contribution in [-0.2, 0) is 16.4 Å². The average molecular weight is 258 g/mol. The van der Waals surface area contributed by atoms with Gasteiger partial charge in [-0.3, -0.25) is 0 Å². The predicted octanol–water partition coefficient (Wildman–Crippen LogP) is 1.74. The fourth-order valence-electron chi connectivity index (χ4n) is 1.60. The molecular weight excluding hydrogens is 246 g/mol. The van der Waals surface area contributed by atoms with Crippen LogP contribution in [0.2, 0.25) is 5.02 Å². The van der Waals surface area contributed by atoms with Crippen LogP contribution >= 0.6 is 11.6 Å². The van der Waals surface area contributed by atoms with Crippen molar-refractivity contribution < 1.29 is 8.42 Å². The molecule has 3 nitrogen and oxygen atoms in total. The highest BCUT2D eigenvalue weighted by Crippen LogP contribution is 2.12. The van der Waals surface area contributed by atoms with E-state index in [1.807, 2.05) is 24.3 Å². The Bertz CT molecular complexity index is 510. The molecule has 1 atom stereocenters. The van der Waals surface area contributed by atoms with Gasteiger partial charge < -0.3 is 5.32 Å². The molecule has 1 heterocycles. The van der Waals surface area contributed by atoms with E-state index >= 15 is 0 Å². The minimum atomic E-state index is -2.98. The Morgan fingerprint density at radius 1 is 1.44 bits per heavy atom. The number of hydrogen-bond donors (Lipinski definition) is 1. The molecule has 0 saturated heterocycles. The maximum atomic E-state index is 11.2. The van der Waals surface area contributed by atoms with E-state index in [0.717, 1.165) is 5.56 Å². The number of nitrogens with one attached hydrogen (secondary N) is 1. The van der Waals surface area contributed by atoms with Gasteiger partial charge in [-0.05, 0) is 17.7 Å². The predicted molar refractivity (Wildman–Crippen MR) is 65.0 cm³/mol. The van der Waals surface area contributed by atoms with Gasteiger partial charge in [-0.1, -0.05) is 29.8 Å². The summed E-state index contributed by atoms with van der Waals surface area (Å²) >= 11 is 5.85. The molecule has 1 aliphatic heterocycles. The normalized spacial score (nSPS) is 22.4. The SMILES string of the molecule is O=S1(=O)C=C[C@H](NCc2cccc(Cl)c2)C1. The molecule has 0 spiro atoms. The standard InChI is InChI=1S/C11H12ClNO2S/c12-10-3-1-2-9(6-10)7-13-11-4-5-16(14,15)8-11/h1-6,11,13H,7-8H2/t11-/m0/s1. The van der Waals surface area contributed by atoms with E-state index < -0.39 is 9.84 Å². The van der Waals surface area contributed by atoms with Crippen molar-refractivity contribution in [1.82, 2.24) is 5.32 Å². The molecule has 1 aromatic carbocycles. The van der Waals surface area contributed by atoms with E-state index in [0.29, 0.717) is 11.6 Å². The lowest BCUT2D eigenvalue weighted by Crippen LogP contribution is -2.29. The fourth-order valence-corrected chi connectivity index (χ4v) is 3.08. The topological polar surface area (TPSA) is 46.2 Å². The maximum absolute atomic E-state index is 11.2. The third-order valence-electron chi connectivity index (χ3n) is 2.39. The second-order valence-electron chi connectivity index (χ2n) is 3.78. The van der Waals surface area contributed by atoms with Crippen LogP contribution in [0, 0.1) is 0 Å². The lowest BCUT2D eigenvalue weighted by Gasteiger charge is -2.09. The monoisotopic (exact) mass is 257 g/mol. The highest BCUT2D eigenvalue weighted by atomic mass is 35.5. The number of halogens is 1. The third kappa shape index (κ3) is 3.07. The molecule has 0 aromatic heterocycles. The van der Waals surface area contributed by atoms with Crippen LogP contribution in [-0.4, -0.2) is 20.2 Å². The van der Waals surface area contributed by atoms with Gasteiger partial charge in [0.15, 0.2) is 9.84 Å². The lowest BCUT2D eigenvalue weighted by atomic mass is 10.2. The highest BCUT2D eigenvalue weighted by Gasteiger charge is 2.20. The molecule has 86 valence electrons. The Hall–Kier alpha value is -0.840. The summed E-state index contributed by atoms with van der Waals surface area (Å²) in [6.07, 6.45) is 1.68. The van der Waals surface area contributed by atoms with Gasteiger partial charge in [0.05, 0.1) is 5.75 Å². The second kappa shape index (κ2) is 4.57. The first kappa shape index (κ1) is 11.6. The molecule has 1 N–H and O–H groups in total. The van der Waals surface area contributed by atoms with Crippen molar-refractivity contribution in [1.29, 1.82) is 0 Å². The van der Waals surface area contributed by atoms with Crippen molar-refractivity contribution >= 4 is 21.4 Å². The molecule has 0 radical (unpaired) electrons. The molecule has 0 amide bonds. The van der Waals surface area contributed by atoms with Crippen LogP contribution in [0.1, 0.15) is 5.56 Å². The maximum Gasteiger partial charge on any atom is 0.173 e. The largest absolute Gasteiger partial charge is 0.305 e. The van der Waals surface area contributed by atoms with Crippen molar-refractivity contribution in [2.75, 3.05) is 5.75 Å². The Kier molecular flexibility index (Phi) is 3.33. The summed E-state index contributed by atoms with van der Waals surface area (Å²) in [4.78, 5) is 0. The summed E-state index contributed by atoms with van der Waals surface area (Å²) in [7, 11) is -2.98. The Labute approximate surface area is 100 Å². The molecule has 5 heteroatoms. The van der Waals surface area contributed by atoms with Crippen LogP contribution in [0.25, 0.3) is 0 Å². The minimum Gasteiger partial charge on any atom is -0.305 e. The molecular formula is C11H12ClNO2S. The van der Waals surface area contributed by atoms with E-state index in [-0.39, 0.29) is 11.8 Å². The van der Waals surface area contributed by atoms with E-state index in [4.69, 9.17) is 11.6 Å². The molecule has 2 rings (SSSR count). The van der Waals surface area contributed by atoms with Gasteiger partial charge in [-0.15, -0.1) is 0 Å². The zero-order chi connectivity index (χ0) is 11.6. The first-order valence-corrected chi connectivity index (χ1v) is 7.03. The van der Waals surface area contributed by atoms with Crippen molar-refractivity contribution in [2.24, 2.45) is 0 Å². The average Bonchev–Trinajstić information content (AvgIpc) is 2.56. The second-order valence-corrected chi connectivity index (χ2v) is 6.14. The third-order valence-corrected chi connectivity index (χ3v) is 4.02. The van der Waals surface area contributed by atoms with E-state index in [2.05, 4.69) is 5.32 Å². The van der Waals surface area contributed by atoms with Gasteiger partial charge in [-0.25, -0.2) is 8.42 Å². The van der Waals surface area contributed by atoms with Gasteiger partial charge in [0, 0.05) is 23.0 Å². The van der Waals surface area contributed by atoms with Crippen molar-refractivity contribution in [3.05, 3.63) is 46.3 Å². The Balaban J connectivity index is 1.92. The smallest absolute Gasteiger partial charge is 0.173 e. The Morgan fingerprint density at radius 2 is 2.25 bits per heavy atom. The molecule has 1 aliphatic rings. The van der Waals surface area contributed by atoms with Gasteiger partial charge in [0.25, 0.3) is 0 Å². The van der Waals surface area contributed by atoms with Gasteiger partial charge in [-0.2, -0.15) is 0 Å². The summed E-state index contributed by atoms with van der Waals surface area (Å²) in [6, 6.07) is 7.41. The van der Waals surface area contributed by atoms with E-state index in [1.54, 1.807) is 6.08 Å². The van der Waals surface area contributed by atoms with Crippen LogP contribution in [0.5, 0.6) is 0 Å². The summed E-state index contributed by atoms with van der Waals surface area (Å²) in [5, 5.41) is 5.11. The summed E-state index contributed by atoms with van der Waals surface area (Å²) in [6.45, 7) is 0.616. The zero-order valence-corrected chi connectivity index (χ0v) is 10.1. The van der Waals surface area contributed by atoms with Gasteiger partial charge >= 0.3 is 0 Å². The summed E-state index contributed by atoms with van der Waals surface area (Å²) in [5.74, 6) is 0.146. The molecule has 16 heavy (non-hydrogen) atoms. The van der Waals surface area contributed by atoms with Crippen LogP contribution in [0.4, 0.5) is 0 Å². The van der Waals surface area contributed by atoms with E-state index in [9.17, 15) is 8.42 Å². The molecule has 0 bridgehead atoms. The molecule has 0 unspecified atom stereocenters. The molecule has 0 saturated carbocycles. The quantitative estimate of drug-likeness (QED) is 0.897. The van der Waals surface area contributed by atoms with Crippen LogP contribution in [0.15, 0.2) is 35.7 Å². The van der Waals surface area contributed by atoms with Gasteiger partial charge in [0.2, 0.25) is 0 Å². The first-order valence-electron chi connectivity index (χ1n) is 4.94. The summed E-state index contributed by atoms with van der Waals surface area (Å²) < 4.78 is 22.3. The number of hydrogen-bond acceptors (Lipinski definition) is 3. The minimum absolute atomic E-state index is 0.0935. The molecule has 0 fully saturated rings. The van der Waals surface area contributed by atoms with E-state index in [1.165, 1.54) is 5.41 Å². The molecule has 0 aliphatic carbocycles. The van der Waals surface area contributed by atoms with Crippen molar-refractivity contribution in [3.63, 3.8) is 0 Å².